The van der Waals surface area contributed by atoms with E-state index in [1.165, 1.54) is 11.1 Å². The van der Waals surface area contributed by atoms with Crippen LogP contribution >= 0.6 is 39.1 Å². The molecular formula is C15H14BrCl2N. The second-order valence-electron chi connectivity index (χ2n) is 4.47. The molecule has 1 atom stereocenters. The molecule has 100 valence electrons. The Bertz CT molecular complexity index is 575. The van der Waals surface area contributed by atoms with Crippen LogP contribution in [0.25, 0.3) is 0 Å². The van der Waals surface area contributed by atoms with E-state index in [0.29, 0.717) is 10.0 Å². The van der Waals surface area contributed by atoms with Crippen LogP contribution in [-0.2, 0) is 0 Å². The molecule has 1 N–H and O–H groups in total. The first-order chi connectivity index (χ1) is 8.99. The molecule has 0 radical (unpaired) electrons. The highest BCUT2D eigenvalue weighted by molar-refractivity contribution is 9.10. The number of aryl methyl sites for hydroxylation is 1. The van der Waals surface area contributed by atoms with Gasteiger partial charge < -0.3 is 5.32 Å². The van der Waals surface area contributed by atoms with Gasteiger partial charge in [0.1, 0.15) is 0 Å². The van der Waals surface area contributed by atoms with Crippen LogP contribution < -0.4 is 5.32 Å². The SMILES string of the molecule is Cc1ccccc1C(C)Nc1c(Cl)cc(Br)cc1Cl. The van der Waals surface area contributed by atoms with Gasteiger partial charge in [-0.05, 0) is 37.1 Å². The van der Waals surface area contributed by atoms with Crippen LogP contribution in [-0.4, -0.2) is 0 Å². The van der Waals surface area contributed by atoms with Gasteiger partial charge in [0, 0.05) is 10.5 Å². The van der Waals surface area contributed by atoms with Gasteiger partial charge in [-0.3, -0.25) is 0 Å². The number of anilines is 1. The molecule has 2 aromatic carbocycles. The molecule has 1 unspecified atom stereocenters. The summed E-state index contributed by atoms with van der Waals surface area (Å²) < 4.78 is 0.872. The lowest BCUT2D eigenvalue weighted by atomic mass is 10.0. The first kappa shape index (κ1) is 14.7. The Kier molecular flexibility index (Phi) is 4.77. The van der Waals surface area contributed by atoms with Crippen LogP contribution in [0.5, 0.6) is 0 Å². The van der Waals surface area contributed by atoms with Gasteiger partial charge in [0.25, 0.3) is 0 Å². The lowest BCUT2D eigenvalue weighted by Gasteiger charge is -2.19. The van der Waals surface area contributed by atoms with Crippen LogP contribution in [0.3, 0.4) is 0 Å². The van der Waals surface area contributed by atoms with E-state index >= 15 is 0 Å². The zero-order valence-electron chi connectivity index (χ0n) is 10.7. The second-order valence-corrected chi connectivity index (χ2v) is 6.20. The van der Waals surface area contributed by atoms with Gasteiger partial charge in [-0.25, -0.2) is 0 Å². The highest BCUT2D eigenvalue weighted by Crippen LogP contribution is 2.36. The predicted molar refractivity (Wildman–Crippen MR) is 87.4 cm³/mol. The Labute approximate surface area is 132 Å². The molecule has 0 amide bonds. The molecule has 0 heterocycles. The maximum absolute atomic E-state index is 6.23. The fourth-order valence-electron chi connectivity index (χ4n) is 2.05. The Morgan fingerprint density at radius 3 is 2.26 bits per heavy atom. The standard InChI is InChI=1S/C15H14BrCl2N/c1-9-5-3-4-6-12(9)10(2)19-15-13(17)7-11(16)8-14(15)18/h3-8,10,19H,1-2H3. The molecule has 0 aliphatic heterocycles. The summed E-state index contributed by atoms with van der Waals surface area (Å²) in [6.07, 6.45) is 0. The predicted octanol–water partition coefficient (Wildman–Crippen LogP) is 6.24. The number of rotatable bonds is 3. The maximum Gasteiger partial charge on any atom is 0.0724 e. The largest absolute Gasteiger partial charge is 0.376 e. The van der Waals surface area contributed by atoms with Crippen molar-refractivity contribution in [2.75, 3.05) is 5.32 Å². The highest BCUT2D eigenvalue weighted by atomic mass is 79.9. The van der Waals surface area contributed by atoms with E-state index in [1.807, 2.05) is 24.3 Å². The minimum Gasteiger partial charge on any atom is -0.376 e. The molecule has 0 spiro atoms. The third-order valence-corrected chi connectivity index (χ3v) is 4.08. The third-order valence-electron chi connectivity index (χ3n) is 3.02. The van der Waals surface area contributed by atoms with Crippen molar-refractivity contribution in [2.45, 2.75) is 19.9 Å². The number of halogens is 3. The van der Waals surface area contributed by atoms with Crippen molar-refractivity contribution in [2.24, 2.45) is 0 Å². The van der Waals surface area contributed by atoms with Gasteiger partial charge in [-0.15, -0.1) is 0 Å². The van der Waals surface area contributed by atoms with Gasteiger partial charge in [0.05, 0.1) is 15.7 Å². The van der Waals surface area contributed by atoms with Crippen LogP contribution in [0.2, 0.25) is 10.0 Å². The molecule has 0 aliphatic rings. The zero-order chi connectivity index (χ0) is 14.0. The molecule has 19 heavy (non-hydrogen) atoms. The Morgan fingerprint density at radius 2 is 1.68 bits per heavy atom. The quantitative estimate of drug-likeness (QED) is 0.684. The van der Waals surface area contributed by atoms with Crippen molar-refractivity contribution in [1.82, 2.24) is 0 Å². The molecule has 0 bridgehead atoms. The average Bonchev–Trinajstić information content (AvgIpc) is 2.34. The van der Waals surface area contributed by atoms with Crippen LogP contribution in [0.1, 0.15) is 24.1 Å². The molecule has 0 saturated carbocycles. The van der Waals surface area contributed by atoms with Crippen molar-refractivity contribution in [3.05, 3.63) is 62.0 Å². The summed E-state index contributed by atoms with van der Waals surface area (Å²) in [6.45, 7) is 4.19. The van der Waals surface area contributed by atoms with Gasteiger partial charge in [0.2, 0.25) is 0 Å². The van der Waals surface area contributed by atoms with Gasteiger partial charge in [0.15, 0.2) is 0 Å². The van der Waals surface area contributed by atoms with E-state index in [-0.39, 0.29) is 6.04 Å². The molecule has 2 rings (SSSR count). The van der Waals surface area contributed by atoms with Crippen molar-refractivity contribution in [3.63, 3.8) is 0 Å². The van der Waals surface area contributed by atoms with Crippen molar-refractivity contribution in [1.29, 1.82) is 0 Å². The van der Waals surface area contributed by atoms with Crippen molar-refractivity contribution in [3.8, 4) is 0 Å². The van der Waals surface area contributed by atoms with Gasteiger partial charge in [-0.1, -0.05) is 63.4 Å². The normalized spacial score (nSPS) is 12.3. The lowest BCUT2D eigenvalue weighted by molar-refractivity contribution is 0.874. The summed E-state index contributed by atoms with van der Waals surface area (Å²) in [7, 11) is 0. The maximum atomic E-state index is 6.23. The first-order valence-corrected chi connectivity index (χ1v) is 7.50. The summed E-state index contributed by atoms with van der Waals surface area (Å²) in [5.41, 5.74) is 3.24. The number of nitrogens with one attached hydrogen (secondary N) is 1. The van der Waals surface area contributed by atoms with Crippen LogP contribution in [0, 0.1) is 6.92 Å². The monoisotopic (exact) mass is 357 g/mol. The molecule has 2 aromatic rings. The minimum absolute atomic E-state index is 0.136. The molecule has 0 aliphatic carbocycles. The Morgan fingerprint density at radius 1 is 1.11 bits per heavy atom. The molecule has 0 aromatic heterocycles. The fraction of sp³-hybridized carbons (Fsp3) is 0.200. The highest BCUT2D eigenvalue weighted by Gasteiger charge is 2.13. The summed E-state index contributed by atoms with van der Waals surface area (Å²) in [5.74, 6) is 0. The topological polar surface area (TPSA) is 12.0 Å². The molecular weight excluding hydrogens is 345 g/mol. The molecule has 0 saturated heterocycles. The van der Waals surface area contributed by atoms with Crippen molar-refractivity contribution >= 4 is 44.8 Å². The Hall–Kier alpha value is -0.700. The molecule has 0 fully saturated rings. The average molecular weight is 359 g/mol. The van der Waals surface area contributed by atoms with E-state index in [1.54, 1.807) is 0 Å². The first-order valence-electron chi connectivity index (χ1n) is 5.95. The lowest BCUT2D eigenvalue weighted by Crippen LogP contribution is -2.08. The molecule has 4 heteroatoms. The van der Waals surface area contributed by atoms with E-state index in [2.05, 4.69) is 47.2 Å². The van der Waals surface area contributed by atoms with Gasteiger partial charge in [-0.2, -0.15) is 0 Å². The summed E-state index contributed by atoms with van der Waals surface area (Å²) in [5, 5.41) is 4.60. The van der Waals surface area contributed by atoms with E-state index in [9.17, 15) is 0 Å². The van der Waals surface area contributed by atoms with E-state index in [0.717, 1.165) is 10.2 Å². The second kappa shape index (κ2) is 6.17. The van der Waals surface area contributed by atoms with E-state index < -0.39 is 0 Å². The Balaban J connectivity index is 2.29. The zero-order valence-corrected chi connectivity index (χ0v) is 13.8. The summed E-state index contributed by atoms with van der Waals surface area (Å²) >= 11 is 15.8. The summed E-state index contributed by atoms with van der Waals surface area (Å²) in [6, 6.07) is 12.1. The molecule has 1 nitrogen and oxygen atoms in total. The van der Waals surface area contributed by atoms with Crippen LogP contribution in [0.15, 0.2) is 40.9 Å². The van der Waals surface area contributed by atoms with E-state index in [4.69, 9.17) is 23.2 Å². The van der Waals surface area contributed by atoms with Gasteiger partial charge >= 0.3 is 0 Å². The third kappa shape index (κ3) is 3.44. The van der Waals surface area contributed by atoms with Crippen LogP contribution in [0.4, 0.5) is 5.69 Å². The fourth-order valence-corrected chi connectivity index (χ4v) is 3.36. The smallest absolute Gasteiger partial charge is 0.0724 e. The number of hydrogen-bond acceptors (Lipinski definition) is 1. The minimum atomic E-state index is 0.136. The van der Waals surface area contributed by atoms with Crippen molar-refractivity contribution < 1.29 is 0 Å². The number of hydrogen-bond donors (Lipinski definition) is 1. The summed E-state index contributed by atoms with van der Waals surface area (Å²) in [4.78, 5) is 0. The number of benzene rings is 2.